The molecule has 0 N–H and O–H groups in total. The van der Waals surface area contributed by atoms with E-state index in [4.69, 9.17) is 11.6 Å². The van der Waals surface area contributed by atoms with Crippen LogP contribution in [0.4, 0.5) is 0 Å². The van der Waals surface area contributed by atoms with Crippen LogP contribution in [0.1, 0.15) is 10.8 Å². The molecular formula is C11H13ClNS-. The first-order valence-corrected chi connectivity index (χ1v) is 6.11. The minimum absolute atomic E-state index is 0.481. The lowest BCUT2D eigenvalue weighted by atomic mass is 10.1. The molecule has 14 heavy (non-hydrogen) atoms. The molecule has 0 saturated carbocycles. The summed E-state index contributed by atoms with van der Waals surface area (Å²) in [6.07, 6.45) is 0. The standard InChI is InChI=1S/C11H13ClNS/c1-13-6-7-14-11(8-13)9-4-2-3-5-10(9)12/h2-5,11H,1,6-8H2/q-1. The molecule has 2 rings (SSSR count). The van der Waals surface area contributed by atoms with Gasteiger partial charge in [0.05, 0.1) is 0 Å². The van der Waals surface area contributed by atoms with Crippen LogP contribution in [0.3, 0.4) is 0 Å². The number of hydrogen-bond acceptors (Lipinski definition) is 2. The van der Waals surface area contributed by atoms with Gasteiger partial charge in [-0.25, -0.2) is 0 Å². The smallest absolute Gasteiger partial charge is 0.0449 e. The Morgan fingerprint density at radius 3 is 2.93 bits per heavy atom. The second-order valence-electron chi connectivity index (χ2n) is 3.46. The zero-order valence-electron chi connectivity index (χ0n) is 7.95. The lowest BCUT2D eigenvalue weighted by Gasteiger charge is -2.35. The van der Waals surface area contributed by atoms with Crippen LogP contribution in [0, 0.1) is 7.05 Å². The number of nitrogens with zero attached hydrogens (tertiary/aromatic N) is 1. The van der Waals surface area contributed by atoms with Crippen LogP contribution in [0.15, 0.2) is 24.3 Å². The van der Waals surface area contributed by atoms with Gasteiger partial charge in [-0.3, -0.25) is 7.05 Å². The van der Waals surface area contributed by atoms with E-state index in [9.17, 15) is 0 Å². The highest BCUT2D eigenvalue weighted by atomic mass is 35.5. The highest BCUT2D eigenvalue weighted by molar-refractivity contribution is 7.99. The van der Waals surface area contributed by atoms with Crippen molar-refractivity contribution >= 4 is 23.4 Å². The second kappa shape index (κ2) is 4.56. The highest BCUT2D eigenvalue weighted by Gasteiger charge is 2.18. The first kappa shape index (κ1) is 10.3. The number of rotatable bonds is 1. The van der Waals surface area contributed by atoms with Crippen molar-refractivity contribution in [2.75, 3.05) is 18.8 Å². The van der Waals surface area contributed by atoms with Crippen molar-refractivity contribution in [2.45, 2.75) is 5.25 Å². The topological polar surface area (TPSA) is 3.24 Å². The molecule has 0 amide bonds. The summed E-state index contributed by atoms with van der Waals surface area (Å²) < 4.78 is 0. The van der Waals surface area contributed by atoms with Gasteiger partial charge in [0.2, 0.25) is 0 Å². The van der Waals surface area contributed by atoms with Crippen molar-refractivity contribution in [2.24, 2.45) is 0 Å². The van der Waals surface area contributed by atoms with Gasteiger partial charge < -0.3 is 4.90 Å². The van der Waals surface area contributed by atoms with Gasteiger partial charge in [0.15, 0.2) is 0 Å². The molecule has 0 radical (unpaired) electrons. The van der Waals surface area contributed by atoms with Crippen LogP contribution >= 0.6 is 23.4 Å². The quantitative estimate of drug-likeness (QED) is 0.677. The Morgan fingerprint density at radius 2 is 2.21 bits per heavy atom. The second-order valence-corrected chi connectivity index (χ2v) is 5.18. The predicted octanol–water partition coefficient (Wildman–Crippen LogP) is 3.22. The van der Waals surface area contributed by atoms with Crippen molar-refractivity contribution < 1.29 is 0 Å². The Bertz CT molecular complexity index is 316. The van der Waals surface area contributed by atoms with Crippen molar-refractivity contribution in [3.05, 3.63) is 41.9 Å². The molecule has 0 aliphatic carbocycles. The maximum Gasteiger partial charge on any atom is 0.0449 e. The van der Waals surface area contributed by atoms with E-state index in [1.165, 1.54) is 5.56 Å². The third-order valence-electron chi connectivity index (χ3n) is 2.40. The SMILES string of the molecule is [CH2-]N1CCSC(c2ccccc2Cl)C1. The summed E-state index contributed by atoms with van der Waals surface area (Å²) in [6, 6.07) is 8.09. The minimum atomic E-state index is 0.481. The van der Waals surface area contributed by atoms with Crippen molar-refractivity contribution in [1.82, 2.24) is 4.90 Å². The number of hydrogen-bond donors (Lipinski definition) is 0. The van der Waals surface area contributed by atoms with Crippen molar-refractivity contribution in [3.8, 4) is 0 Å². The van der Waals surface area contributed by atoms with E-state index in [1.807, 2.05) is 30.0 Å². The molecule has 1 aliphatic heterocycles. The first-order valence-electron chi connectivity index (χ1n) is 4.69. The fraction of sp³-hybridized carbons (Fsp3) is 0.364. The minimum Gasteiger partial charge on any atom is -0.457 e. The molecule has 0 bridgehead atoms. The summed E-state index contributed by atoms with van der Waals surface area (Å²) in [5, 5.41) is 1.36. The molecular weight excluding hydrogens is 214 g/mol. The van der Waals surface area contributed by atoms with Crippen LogP contribution in [0.25, 0.3) is 0 Å². The summed E-state index contributed by atoms with van der Waals surface area (Å²) in [5.74, 6) is 1.14. The monoisotopic (exact) mass is 226 g/mol. The largest absolute Gasteiger partial charge is 0.457 e. The molecule has 1 aliphatic rings. The summed E-state index contributed by atoms with van der Waals surface area (Å²) in [5.41, 5.74) is 1.24. The lowest BCUT2D eigenvalue weighted by molar-refractivity contribution is 0.383. The van der Waals surface area contributed by atoms with Crippen LogP contribution in [-0.4, -0.2) is 23.7 Å². The van der Waals surface area contributed by atoms with Gasteiger partial charge in [-0.2, -0.15) is 11.8 Å². The molecule has 1 heterocycles. The van der Waals surface area contributed by atoms with E-state index in [2.05, 4.69) is 18.0 Å². The third-order valence-corrected chi connectivity index (χ3v) is 3.97. The predicted molar refractivity (Wildman–Crippen MR) is 63.6 cm³/mol. The molecule has 0 aromatic heterocycles. The molecule has 1 fully saturated rings. The van der Waals surface area contributed by atoms with E-state index in [0.29, 0.717) is 5.25 Å². The Labute approximate surface area is 94.4 Å². The molecule has 1 aromatic carbocycles. The molecule has 76 valence electrons. The van der Waals surface area contributed by atoms with Crippen LogP contribution in [0.2, 0.25) is 5.02 Å². The summed E-state index contributed by atoms with van der Waals surface area (Å²) in [4.78, 5) is 2.12. The molecule has 0 spiro atoms. The zero-order valence-corrected chi connectivity index (χ0v) is 9.52. The molecule has 1 nitrogen and oxygen atoms in total. The molecule has 1 unspecified atom stereocenters. The van der Waals surface area contributed by atoms with Crippen LogP contribution in [-0.2, 0) is 0 Å². The Morgan fingerprint density at radius 1 is 1.43 bits per heavy atom. The Kier molecular flexibility index (Phi) is 3.37. The van der Waals surface area contributed by atoms with Gasteiger partial charge in [0.1, 0.15) is 0 Å². The van der Waals surface area contributed by atoms with E-state index >= 15 is 0 Å². The molecule has 1 saturated heterocycles. The average Bonchev–Trinajstić information content (AvgIpc) is 2.18. The Hall–Kier alpha value is -0.180. The first-order chi connectivity index (χ1) is 6.77. The van der Waals surface area contributed by atoms with Crippen molar-refractivity contribution in [3.63, 3.8) is 0 Å². The van der Waals surface area contributed by atoms with Gasteiger partial charge >= 0.3 is 0 Å². The third kappa shape index (κ3) is 2.25. The maximum absolute atomic E-state index is 6.15. The number of halogens is 1. The average molecular weight is 227 g/mol. The molecule has 1 atom stereocenters. The Balaban J connectivity index is 2.18. The highest BCUT2D eigenvalue weighted by Crippen LogP contribution is 2.36. The van der Waals surface area contributed by atoms with Gasteiger partial charge in [0.25, 0.3) is 0 Å². The van der Waals surface area contributed by atoms with Gasteiger partial charge in [-0.1, -0.05) is 29.8 Å². The summed E-state index contributed by atoms with van der Waals surface area (Å²) >= 11 is 8.12. The van der Waals surface area contributed by atoms with Crippen molar-refractivity contribution in [1.29, 1.82) is 0 Å². The zero-order chi connectivity index (χ0) is 9.97. The van der Waals surface area contributed by atoms with E-state index < -0.39 is 0 Å². The summed E-state index contributed by atoms with van der Waals surface area (Å²) in [6.45, 7) is 2.07. The normalized spacial score (nSPS) is 23.7. The van der Waals surface area contributed by atoms with Gasteiger partial charge in [-0.15, -0.1) is 0 Å². The maximum atomic E-state index is 6.15. The number of thioether (sulfide) groups is 1. The van der Waals surface area contributed by atoms with Crippen LogP contribution < -0.4 is 0 Å². The van der Waals surface area contributed by atoms with E-state index in [0.717, 1.165) is 23.9 Å². The van der Waals surface area contributed by atoms with Gasteiger partial charge in [0, 0.05) is 16.0 Å². The van der Waals surface area contributed by atoms with Crippen LogP contribution in [0.5, 0.6) is 0 Å². The lowest BCUT2D eigenvalue weighted by Crippen LogP contribution is -2.29. The van der Waals surface area contributed by atoms with E-state index in [1.54, 1.807) is 0 Å². The molecule has 3 heteroatoms. The fourth-order valence-corrected chi connectivity index (χ4v) is 3.31. The van der Waals surface area contributed by atoms with Gasteiger partial charge in [-0.05, 0) is 24.7 Å². The van der Waals surface area contributed by atoms with E-state index in [-0.39, 0.29) is 0 Å². The summed E-state index contributed by atoms with van der Waals surface area (Å²) in [7, 11) is 3.98. The molecule has 1 aromatic rings. The fourth-order valence-electron chi connectivity index (χ4n) is 1.63. The number of benzene rings is 1.